The predicted molar refractivity (Wildman–Crippen MR) is 86.0 cm³/mol. The van der Waals surface area contributed by atoms with E-state index in [1.165, 1.54) is 4.90 Å². The normalized spacial score (nSPS) is 22.8. The highest BCUT2D eigenvalue weighted by molar-refractivity contribution is 8.18. The minimum absolute atomic E-state index is 0.191. The second-order valence-electron chi connectivity index (χ2n) is 5.45. The number of likely N-dealkylation sites (N-methyl/N-ethyl adjacent to an activating group) is 1. The van der Waals surface area contributed by atoms with Crippen LogP contribution in [0.1, 0.15) is 5.56 Å². The summed E-state index contributed by atoms with van der Waals surface area (Å²) in [4.78, 5) is 34.7. The van der Waals surface area contributed by atoms with E-state index in [0.717, 1.165) is 43.5 Å². The molecule has 7 heteroatoms. The Morgan fingerprint density at radius 2 is 1.86 bits per heavy atom. The Morgan fingerprint density at radius 3 is 2.55 bits per heavy atom. The summed E-state index contributed by atoms with van der Waals surface area (Å²) in [5.41, 5.74) is 0.875. The van der Waals surface area contributed by atoms with Crippen LogP contribution in [0.25, 0.3) is 6.08 Å². The Morgan fingerprint density at radius 1 is 1.18 bits per heavy atom. The molecule has 0 N–H and O–H groups in total. The van der Waals surface area contributed by atoms with Gasteiger partial charge in [0.15, 0.2) is 0 Å². The first-order valence-corrected chi connectivity index (χ1v) is 8.01. The number of nitrogens with zero attached hydrogens (tertiary/aromatic N) is 4. The second-order valence-corrected chi connectivity index (χ2v) is 6.45. The first-order chi connectivity index (χ1) is 10.6. The molecule has 1 aromatic heterocycles. The fourth-order valence-electron chi connectivity index (χ4n) is 2.42. The lowest BCUT2D eigenvalue weighted by molar-refractivity contribution is -0.124. The molecule has 3 rings (SSSR count). The summed E-state index contributed by atoms with van der Waals surface area (Å²) in [6.45, 7) is 4.06. The number of aromatic nitrogens is 1. The second kappa shape index (κ2) is 6.60. The lowest BCUT2D eigenvalue weighted by Crippen LogP contribution is -2.49. The van der Waals surface area contributed by atoms with Crippen LogP contribution in [0.3, 0.4) is 0 Å². The van der Waals surface area contributed by atoms with E-state index >= 15 is 0 Å². The summed E-state index contributed by atoms with van der Waals surface area (Å²) in [6.07, 6.45) is 5.08. The molecule has 0 spiro atoms. The molecule has 0 aliphatic carbocycles. The number of piperazine rings is 1. The highest BCUT2D eigenvalue weighted by Crippen LogP contribution is 2.32. The summed E-state index contributed by atoms with van der Waals surface area (Å²) in [6, 6.07) is 3.63. The lowest BCUT2D eigenvalue weighted by Gasteiger charge is -2.33. The lowest BCUT2D eigenvalue weighted by atomic mass is 10.2. The Hall–Kier alpha value is -1.70. The molecule has 0 unspecified atom stereocenters. The number of imide groups is 1. The van der Waals surface area contributed by atoms with Crippen molar-refractivity contribution in [2.24, 2.45) is 0 Å². The molecule has 3 heterocycles. The Bertz CT molecular complexity index is 597. The SMILES string of the molecule is CN1CCN(CN2C(=O)SC(=Cc3ccncc3)C2=O)CC1. The molecule has 0 atom stereocenters. The topological polar surface area (TPSA) is 56.8 Å². The fraction of sp³-hybridized carbons (Fsp3) is 0.400. The van der Waals surface area contributed by atoms with Crippen LogP contribution in [-0.4, -0.2) is 70.7 Å². The first kappa shape index (κ1) is 15.2. The van der Waals surface area contributed by atoms with Gasteiger partial charge in [-0.2, -0.15) is 0 Å². The van der Waals surface area contributed by atoms with E-state index in [2.05, 4.69) is 21.8 Å². The molecular formula is C15H18N4O2S. The molecule has 0 radical (unpaired) electrons. The summed E-state index contributed by atoms with van der Waals surface area (Å²) in [7, 11) is 2.08. The van der Waals surface area contributed by atoms with Gasteiger partial charge in [0.05, 0.1) is 11.6 Å². The third kappa shape index (κ3) is 3.37. The third-order valence-electron chi connectivity index (χ3n) is 3.81. The molecule has 22 heavy (non-hydrogen) atoms. The average Bonchev–Trinajstić information content (AvgIpc) is 2.78. The van der Waals surface area contributed by atoms with E-state index in [0.29, 0.717) is 11.6 Å². The van der Waals surface area contributed by atoms with Crippen molar-refractivity contribution in [2.45, 2.75) is 0 Å². The van der Waals surface area contributed by atoms with Crippen molar-refractivity contribution >= 4 is 29.0 Å². The molecule has 0 bridgehead atoms. The summed E-state index contributed by atoms with van der Waals surface area (Å²) in [5.74, 6) is -0.203. The van der Waals surface area contributed by atoms with Gasteiger partial charge in [-0.3, -0.25) is 24.4 Å². The highest BCUT2D eigenvalue weighted by atomic mass is 32.2. The number of carbonyl (C=O) groups excluding carboxylic acids is 2. The van der Waals surface area contributed by atoms with Gasteiger partial charge in [-0.25, -0.2) is 0 Å². The number of pyridine rings is 1. The maximum Gasteiger partial charge on any atom is 0.294 e. The summed E-state index contributed by atoms with van der Waals surface area (Å²) in [5, 5.41) is -0.191. The highest BCUT2D eigenvalue weighted by Gasteiger charge is 2.36. The maximum atomic E-state index is 12.4. The molecular weight excluding hydrogens is 300 g/mol. The van der Waals surface area contributed by atoms with E-state index < -0.39 is 0 Å². The van der Waals surface area contributed by atoms with Crippen molar-refractivity contribution in [3.8, 4) is 0 Å². The zero-order chi connectivity index (χ0) is 15.5. The van der Waals surface area contributed by atoms with Gasteiger partial charge in [-0.1, -0.05) is 0 Å². The molecule has 1 aromatic rings. The van der Waals surface area contributed by atoms with Gasteiger partial charge in [-0.15, -0.1) is 0 Å². The van der Waals surface area contributed by atoms with Gasteiger partial charge in [0.2, 0.25) is 0 Å². The van der Waals surface area contributed by atoms with Crippen LogP contribution in [0, 0.1) is 0 Å². The zero-order valence-electron chi connectivity index (χ0n) is 12.4. The van der Waals surface area contributed by atoms with Crippen LogP contribution in [0.2, 0.25) is 0 Å². The van der Waals surface area contributed by atoms with Crippen molar-refractivity contribution in [3.05, 3.63) is 35.0 Å². The van der Waals surface area contributed by atoms with Crippen LogP contribution in [0.5, 0.6) is 0 Å². The minimum Gasteiger partial charge on any atom is -0.304 e. The van der Waals surface area contributed by atoms with Gasteiger partial charge in [-0.05, 0) is 42.6 Å². The summed E-state index contributed by atoms with van der Waals surface area (Å²) >= 11 is 1.01. The Kier molecular flexibility index (Phi) is 4.56. The van der Waals surface area contributed by atoms with Crippen molar-refractivity contribution in [3.63, 3.8) is 0 Å². The van der Waals surface area contributed by atoms with E-state index in [-0.39, 0.29) is 11.1 Å². The van der Waals surface area contributed by atoms with Crippen LogP contribution in [0.15, 0.2) is 29.4 Å². The molecule has 6 nitrogen and oxygen atoms in total. The molecule has 2 aliphatic heterocycles. The van der Waals surface area contributed by atoms with Gasteiger partial charge >= 0.3 is 0 Å². The average molecular weight is 318 g/mol. The van der Waals surface area contributed by atoms with Crippen molar-refractivity contribution in [2.75, 3.05) is 39.9 Å². The molecule has 2 amide bonds. The van der Waals surface area contributed by atoms with Crippen LogP contribution in [-0.2, 0) is 4.79 Å². The van der Waals surface area contributed by atoms with E-state index in [1.54, 1.807) is 18.5 Å². The Labute approximate surface area is 133 Å². The first-order valence-electron chi connectivity index (χ1n) is 7.20. The number of rotatable bonds is 3. The van der Waals surface area contributed by atoms with Crippen LogP contribution < -0.4 is 0 Å². The van der Waals surface area contributed by atoms with Crippen LogP contribution >= 0.6 is 11.8 Å². The van der Waals surface area contributed by atoms with Gasteiger partial charge in [0, 0.05) is 38.6 Å². The number of carbonyl (C=O) groups is 2. The number of thioether (sulfide) groups is 1. The molecule has 116 valence electrons. The number of hydrogen-bond donors (Lipinski definition) is 0. The third-order valence-corrected chi connectivity index (χ3v) is 4.72. The zero-order valence-corrected chi connectivity index (χ0v) is 13.3. The van der Waals surface area contributed by atoms with Gasteiger partial charge in [0.25, 0.3) is 11.1 Å². The smallest absolute Gasteiger partial charge is 0.294 e. The number of amides is 2. The molecule has 0 aromatic carbocycles. The van der Waals surface area contributed by atoms with E-state index in [1.807, 2.05) is 12.1 Å². The molecule has 0 saturated carbocycles. The minimum atomic E-state index is -0.203. The van der Waals surface area contributed by atoms with Crippen molar-refractivity contribution in [1.29, 1.82) is 0 Å². The van der Waals surface area contributed by atoms with Gasteiger partial charge < -0.3 is 4.90 Å². The standard InChI is InChI=1S/C15H18N4O2S/c1-17-6-8-18(9-7-17)11-19-14(20)13(22-15(19)21)10-12-2-4-16-5-3-12/h2-5,10H,6-9,11H2,1H3. The molecule has 2 saturated heterocycles. The van der Waals surface area contributed by atoms with E-state index in [9.17, 15) is 9.59 Å². The molecule has 2 aliphatic rings. The molecule has 2 fully saturated rings. The largest absolute Gasteiger partial charge is 0.304 e. The Balaban J connectivity index is 1.68. The van der Waals surface area contributed by atoms with E-state index in [4.69, 9.17) is 0 Å². The van der Waals surface area contributed by atoms with Crippen molar-refractivity contribution in [1.82, 2.24) is 19.7 Å². The number of hydrogen-bond acceptors (Lipinski definition) is 6. The predicted octanol–water partition coefficient (Wildman–Crippen LogP) is 1.32. The fourth-order valence-corrected chi connectivity index (χ4v) is 3.25. The summed E-state index contributed by atoms with van der Waals surface area (Å²) < 4.78 is 0. The maximum absolute atomic E-state index is 12.4. The van der Waals surface area contributed by atoms with Gasteiger partial charge in [0.1, 0.15) is 0 Å². The monoisotopic (exact) mass is 318 g/mol. The quantitative estimate of drug-likeness (QED) is 0.784. The van der Waals surface area contributed by atoms with Crippen LogP contribution in [0.4, 0.5) is 4.79 Å². The van der Waals surface area contributed by atoms with Crippen molar-refractivity contribution < 1.29 is 9.59 Å².